The SMILES string of the molecule is CCOC(=O)C1=C(CN2CC=C(c3ccccc3)CC2)NC(=O)N[C@H]1c1ccc(OCC)cc1. The average Bonchev–Trinajstić information content (AvgIpc) is 2.85. The molecule has 178 valence electrons. The van der Waals surface area contributed by atoms with E-state index in [0.717, 1.165) is 30.8 Å². The van der Waals surface area contributed by atoms with E-state index in [4.69, 9.17) is 9.47 Å². The van der Waals surface area contributed by atoms with Crippen molar-refractivity contribution < 1.29 is 19.1 Å². The molecule has 7 nitrogen and oxygen atoms in total. The number of nitrogens with one attached hydrogen (secondary N) is 2. The average molecular weight is 462 g/mol. The molecule has 2 aromatic carbocycles. The van der Waals surface area contributed by atoms with Crippen LogP contribution in [0.1, 0.15) is 37.4 Å². The van der Waals surface area contributed by atoms with Crippen LogP contribution in [-0.2, 0) is 9.53 Å². The molecular weight excluding hydrogens is 430 g/mol. The van der Waals surface area contributed by atoms with E-state index in [1.165, 1.54) is 11.1 Å². The normalized spacial score (nSPS) is 18.6. The Bertz CT molecular complexity index is 1080. The molecule has 2 amide bonds. The van der Waals surface area contributed by atoms with Crippen LogP contribution in [0.25, 0.3) is 5.57 Å². The molecule has 0 bridgehead atoms. The molecule has 0 aliphatic carbocycles. The van der Waals surface area contributed by atoms with Gasteiger partial charge in [0.2, 0.25) is 0 Å². The van der Waals surface area contributed by atoms with Gasteiger partial charge < -0.3 is 20.1 Å². The number of rotatable bonds is 8. The van der Waals surface area contributed by atoms with Gasteiger partial charge in [-0.1, -0.05) is 48.5 Å². The largest absolute Gasteiger partial charge is 0.494 e. The fraction of sp³-hybridized carbons (Fsp3) is 0.333. The zero-order chi connectivity index (χ0) is 23.9. The highest BCUT2D eigenvalue weighted by atomic mass is 16.5. The summed E-state index contributed by atoms with van der Waals surface area (Å²) in [6, 6.07) is 16.8. The maximum Gasteiger partial charge on any atom is 0.338 e. The van der Waals surface area contributed by atoms with Crippen LogP contribution in [-0.4, -0.2) is 49.7 Å². The van der Waals surface area contributed by atoms with Gasteiger partial charge in [-0.2, -0.15) is 0 Å². The standard InChI is InChI=1S/C27H31N3O4/c1-3-33-22-12-10-21(11-13-22)25-24(26(31)34-4-2)23(28-27(32)29-25)18-30-16-14-20(15-17-30)19-8-6-5-7-9-19/h5-14,25H,3-4,15-18H2,1-2H3,(H2,28,29,32)/t25-/m0/s1. The van der Waals surface area contributed by atoms with E-state index in [9.17, 15) is 9.59 Å². The third-order valence-corrected chi connectivity index (χ3v) is 5.99. The van der Waals surface area contributed by atoms with E-state index in [1.54, 1.807) is 6.92 Å². The van der Waals surface area contributed by atoms with E-state index in [2.05, 4.69) is 33.7 Å². The maximum atomic E-state index is 13.0. The van der Waals surface area contributed by atoms with Crippen LogP contribution in [0.3, 0.4) is 0 Å². The molecule has 0 unspecified atom stereocenters. The van der Waals surface area contributed by atoms with Gasteiger partial charge in [0.15, 0.2) is 0 Å². The molecule has 0 fully saturated rings. The third kappa shape index (κ3) is 5.48. The van der Waals surface area contributed by atoms with Crippen molar-refractivity contribution in [3.05, 3.63) is 83.1 Å². The second kappa shape index (κ2) is 11.0. The number of carbonyl (C=O) groups is 2. The van der Waals surface area contributed by atoms with Crippen molar-refractivity contribution in [2.45, 2.75) is 26.3 Å². The summed E-state index contributed by atoms with van der Waals surface area (Å²) in [5, 5.41) is 5.76. The monoisotopic (exact) mass is 461 g/mol. The first-order chi connectivity index (χ1) is 16.6. The Morgan fingerprint density at radius 3 is 2.47 bits per heavy atom. The van der Waals surface area contributed by atoms with E-state index in [-0.39, 0.29) is 12.6 Å². The number of carbonyl (C=O) groups excluding carboxylic acids is 2. The molecule has 7 heteroatoms. The van der Waals surface area contributed by atoms with Gasteiger partial charge in [-0.05, 0) is 49.1 Å². The molecule has 0 saturated heterocycles. The zero-order valence-electron chi connectivity index (χ0n) is 19.7. The maximum absolute atomic E-state index is 13.0. The van der Waals surface area contributed by atoms with Crippen LogP contribution in [0.15, 0.2) is 71.9 Å². The van der Waals surface area contributed by atoms with Gasteiger partial charge in [-0.3, -0.25) is 4.90 Å². The summed E-state index contributed by atoms with van der Waals surface area (Å²) in [5.41, 5.74) is 4.36. The molecular formula is C27H31N3O4. The Morgan fingerprint density at radius 2 is 1.82 bits per heavy atom. The van der Waals surface area contributed by atoms with Crippen LogP contribution < -0.4 is 15.4 Å². The Labute approximate surface area is 200 Å². The van der Waals surface area contributed by atoms with Crippen LogP contribution in [0.5, 0.6) is 5.75 Å². The van der Waals surface area contributed by atoms with Crippen molar-refractivity contribution in [3.63, 3.8) is 0 Å². The summed E-state index contributed by atoms with van der Waals surface area (Å²) in [6.45, 7) is 6.54. The quantitative estimate of drug-likeness (QED) is 0.580. The number of urea groups is 1. The van der Waals surface area contributed by atoms with Gasteiger partial charge in [0.25, 0.3) is 0 Å². The molecule has 2 aliphatic heterocycles. The lowest BCUT2D eigenvalue weighted by atomic mass is 9.94. The summed E-state index contributed by atoms with van der Waals surface area (Å²) in [5.74, 6) is 0.309. The van der Waals surface area contributed by atoms with Gasteiger partial charge in [0.05, 0.1) is 24.8 Å². The fourth-order valence-corrected chi connectivity index (χ4v) is 4.36. The molecule has 0 spiro atoms. The molecule has 1 atom stereocenters. The van der Waals surface area contributed by atoms with Gasteiger partial charge in [0, 0.05) is 25.3 Å². The number of hydrogen-bond donors (Lipinski definition) is 2. The molecule has 2 N–H and O–H groups in total. The zero-order valence-corrected chi connectivity index (χ0v) is 19.7. The van der Waals surface area contributed by atoms with E-state index < -0.39 is 12.0 Å². The van der Waals surface area contributed by atoms with Crippen LogP contribution in [0.4, 0.5) is 4.79 Å². The number of ether oxygens (including phenoxy) is 2. The molecule has 0 radical (unpaired) electrons. The Balaban J connectivity index is 1.59. The molecule has 2 heterocycles. The first-order valence-electron chi connectivity index (χ1n) is 11.8. The van der Waals surface area contributed by atoms with E-state index in [0.29, 0.717) is 24.4 Å². The number of esters is 1. The second-order valence-corrected chi connectivity index (χ2v) is 8.23. The Kier molecular flexibility index (Phi) is 7.65. The molecule has 2 aromatic rings. The molecule has 2 aliphatic rings. The van der Waals surface area contributed by atoms with Crippen LogP contribution >= 0.6 is 0 Å². The summed E-state index contributed by atoms with van der Waals surface area (Å²) < 4.78 is 10.9. The number of nitrogens with zero attached hydrogens (tertiary/aromatic N) is 1. The van der Waals surface area contributed by atoms with Crippen molar-refractivity contribution >= 4 is 17.6 Å². The van der Waals surface area contributed by atoms with Crippen LogP contribution in [0, 0.1) is 0 Å². The van der Waals surface area contributed by atoms with Gasteiger partial charge in [-0.25, -0.2) is 9.59 Å². The van der Waals surface area contributed by atoms with Crippen LogP contribution in [0.2, 0.25) is 0 Å². The first-order valence-corrected chi connectivity index (χ1v) is 11.8. The summed E-state index contributed by atoms with van der Waals surface area (Å²) in [7, 11) is 0. The highest BCUT2D eigenvalue weighted by Gasteiger charge is 2.34. The van der Waals surface area contributed by atoms with Gasteiger partial charge in [-0.15, -0.1) is 0 Å². The lowest BCUT2D eigenvalue weighted by Gasteiger charge is -2.33. The highest BCUT2D eigenvalue weighted by molar-refractivity contribution is 5.95. The summed E-state index contributed by atoms with van der Waals surface area (Å²) >= 11 is 0. The second-order valence-electron chi connectivity index (χ2n) is 8.23. The first kappa shape index (κ1) is 23.6. The Morgan fingerprint density at radius 1 is 1.06 bits per heavy atom. The van der Waals surface area contributed by atoms with Crippen molar-refractivity contribution in [2.75, 3.05) is 32.8 Å². The van der Waals surface area contributed by atoms with E-state index >= 15 is 0 Å². The topological polar surface area (TPSA) is 79.9 Å². The summed E-state index contributed by atoms with van der Waals surface area (Å²) in [4.78, 5) is 27.8. The molecule has 0 aromatic heterocycles. The number of amides is 2. The minimum Gasteiger partial charge on any atom is -0.494 e. The third-order valence-electron chi connectivity index (χ3n) is 5.99. The minimum atomic E-state index is -0.598. The van der Waals surface area contributed by atoms with E-state index in [1.807, 2.05) is 49.4 Å². The number of benzene rings is 2. The lowest BCUT2D eigenvalue weighted by molar-refractivity contribution is -0.139. The van der Waals surface area contributed by atoms with Crippen molar-refractivity contribution in [3.8, 4) is 5.75 Å². The molecule has 4 rings (SSSR count). The minimum absolute atomic E-state index is 0.256. The molecule has 0 saturated carbocycles. The highest BCUT2D eigenvalue weighted by Crippen LogP contribution is 2.30. The summed E-state index contributed by atoms with van der Waals surface area (Å²) in [6.07, 6.45) is 3.12. The number of hydrogen-bond acceptors (Lipinski definition) is 5. The molecule has 34 heavy (non-hydrogen) atoms. The van der Waals surface area contributed by atoms with Gasteiger partial charge >= 0.3 is 12.0 Å². The predicted molar refractivity (Wildman–Crippen MR) is 131 cm³/mol. The fourth-order valence-electron chi connectivity index (χ4n) is 4.36. The van der Waals surface area contributed by atoms with Crippen molar-refractivity contribution in [1.29, 1.82) is 0 Å². The lowest BCUT2D eigenvalue weighted by Crippen LogP contribution is -2.48. The smallest absolute Gasteiger partial charge is 0.338 e. The Hall–Kier alpha value is -3.58. The van der Waals surface area contributed by atoms with Gasteiger partial charge in [0.1, 0.15) is 5.75 Å². The van der Waals surface area contributed by atoms with Crippen molar-refractivity contribution in [1.82, 2.24) is 15.5 Å². The predicted octanol–water partition coefficient (Wildman–Crippen LogP) is 4.05. The van der Waals surface area contributed by atoms with Crippen molar-refractivity contribution in [2.24, 2.45) is 0 Å².